The van der Waals surface area contributed by atoms with E-state index >= 15 is 0 Å². The fraction of sp³-hybridized carbons (Fsp3) is 0.653. The van der Waals surface area contributed by atoms with Crippen molar-refractivity contribution in [3.63, 3.8) is 0 Å². The lowest BCUT2D eigenvalue weighted by molar-refractivity contribution is -0.887. The molecular formula is C49H82NO7+. The van der Waals surface area contributed by atoms with Gasteiger partial charge in [-0.3, -0.25) is 9.59 Å². The van der Waals surface area contributed by atoms with Crippen LogP contribution in [0.4, 0.5) is 0 Å². The lowest BCUT2D eigenvalue weighted by atomic mass is 10.1. The van der Waals surface area contributed by atoms with E-state index in [1.165, 1.54) is 38.5 Å². The number of carboxylic acid groups (broad SMARTS) is 1. The highest BCUT2D eigenvalue weighted by atomic mass is 16.6. The second-order valence-corrected chi connectivity index (χ2v) is 15.7. The van der Waals surface area contributed by atoms with E-state index in [1.54, 1.807) is 0 Å². The Morgan fingerprint density at radius 2 is 0.982 bits per heavy atom. The maximum absolute atomic E-state index is 12.7. The summed E-state index contributed by atoms with van der Waals surface area (Å²) in [6.45, 7) is 4.51. The monoisotopic (exact) mass is 797 g/mol. The number of carbonyl (C=O) groups excluding carboxylic acids is 2. The zero-order chi connectivity index (χ0) is 42.1. The van der Waals surface area contributed by atoms with Gasteiger partial charge in [0.25, 0.3) is 0 Å². The minimum Gasteiger partial charge on any atom is -0.477 e. The van der Waals surface area contributed by atoms with Crippen molar-refractivity contribution in [3.8, 4) is 0 Å². The summed E-state index contributed by atoms with van der Waals surface area (Å²) in [5.74, 6) is -1.52. The summed E-state index contributed by atoms with van der Waals surface area (Å²) in [6, 6.07) is -0.626. The van der Waals surface area contributed by atoms with Crippen molar-refractivity contribution in [2.24, 2.45) is 0 Å². The molecule has 0 amide bonds. The number of hydrogen-bond acceptors (Lipinski definition) is 6. The van der Waals surface area contributed by atoms with Crippen molar-refractivity contribution >= 4 is 17.9 Å². The molecule has 0 aliphatic heterocycles. The van der Waals surface area contributed by atoms with E-state index in [0.29, 0.717) is 19.3 Å². The third-order valence-electron chi connectivity index (χ3n) is 9.43. The molecule has 0 aliphatic rings. The number of allylic oxidation sites excluding steroid dienone is 14. The largest absolute Gasteiger partial charge is 0.477 e. The van der Waals surface area contributed by atoms with Gasteiger partial charge in [-0.25, -0.2) is 4.79 Å². The highest BCUT2D eigenvalue weighted by Crippen LogP contribution is 2.13. The highest BCUT2D eigenvalue weighted by molar-refractivity contribution is 5.72. The van der Waals surface area contributed by atoms with Gasteiger partial charge in [-0.05, 0) is 57.8 Å². The first-order chi connectivity index (χ1) is 27.6. The molecule has 57 heavy (non-hydrogen) atoms. The van der Waals surface area contributed by atoms with Crippen molar-refractivity contribution in [2.75, 3.05) is 41.0 Å². The van der Waals surface area contributed by atoms with Gasteiger partial charge in [0.05, 0.1) is 34.4 Å². The number of carboxylic acids is 1. The van der Waals surface area contributed by atoms with Crippen LogP contribution in [0.15, 0.2) is 85.1 Å². The van der Waals surface area contributed by atoms with E-state index in [9.17, 15) is 19.5 Å². The number of ether oxygens (including phenoxy) is 3. The summed E-state index contributed by atoms with van der Waals surface area (Å²) in [6.07, 6.45) is 50.4. The first-order valence-corrected chi connectivity index (χ1v) is 22.2. The van der Waals surface area contributed by atoms with Gasteiger partial charge in [-0.1, -0.05) is 163 Å². The number of nitrogens with zero attached hydrogens (tertiary/aromatic N) is 1. The molecule has 0 heterocycles. The van der Waals surface area contributed by atoms with Crippen LogP contribution >= 0.6 is 0 Å². The van der Waals surface area contributed by atoms with Crippen molar-refractivity contribution in [2.45, 2.75) is 167 Å². The van der Waals surface area contributed by atoms with Crippen molar-refractivity contribution < 1.29 is 38.2 Å². The van der Waals surface area contributed by atoms with Crippen LogP contribution in [0.2, 0.25) is 0 Å². The molecule has 8 nitrogen and oxygen atoms in total. The SMILES string of the molecule is CC/C=C/C=C/C=C/CCCCCCCCCC(=O)OCC(COCCC(C(=O)O)[N+](C)(C)C)OC(=O)CCCCCCC/C=C/C=C/C=C/C=C/CCCCC. The molecule has 2 unspecified atom stereocenters. The molecule has 0 aromatic heterocycles. The first-order valence-electron chi connectivity index (χ1n) is 22.2. The topological polar surface area (TPSA) is 99.1 Å². The van der Waals surface area contributed by atoms with Crippen molar-refractivity contribution in [1.29, 1.82) is 0 Å². The van der Waals surface area contributed by atoms with Crippen LogP contribution in [0.5, 0.6) is 0 Å². The lowest BCUT2D eigenvalue weighted by Crippen LogP contribution is -2.50. The summed E-state index contributed by atoms with van der Waals surface area (Å²) in [7, 11) is 5.50. The molecule has 2 atom stereocenters. The molecule has 8 heteroatoms. The maximum Gasteiger partial charge on any atom is 0.362 e. The number of esters is 2. The van der Waals surface area contributed by atoms with Gasteiger partial charge in [-0.15, -0.1) is 0 Å². The van der Waals surface area contributed by atoms with Crippen LogP contribution in [0.3, 0.4) is 0 Å². The van der Waals surface area contributed by atoms with E-state index < -0.39 is 18.1 Å². The number of rotatable bonds is 38. The molecule has 0 radical (unpaired) electrons. The third kappa shape index (κ3) is 37.8. The molecule has 0 saturated heterocycles. The van der Waals surface area contributed by atoms with Crippen LogP contribution < -0.4 is 0 Å². The van der Waals surface area contributed by atoms with Crippen LogP contribution in [0.25, 0.3) is 0 Å². The average molecular weight is 797 g/mol. The summed E-state index contributed by atoms with van der Waals surface area (Å²) in [5.41, 5.74) is 0. The molecule has 0 aromatic rings. The summed E-state index contributed by atoms with van der Waals surface area (Å²) >= 11 is 0. The number of quaternary nitrogens is 1. The van der Waals surface area contributed by atoms with E-state index in [4.69, 9.17) is 14.2 Å². The van der Waals surface area contributed by atoms with E-state index in [1.807, 2.05) is 27.2 Å². The highest BCUT2D eigenvalue weighted by Gasteiger charge is 2.31. The first kappa shape index (κ1) is 53.5. The van der Waals surface area contributed by atoms with E-state index in [0.717, 1.165) is 83.5 Å². The minimum atomic E-state index is -0.885. The van der Waals surface area contributed by atoms with Crippen LogP contribution in [-0.2, 0) is 28.6 Å². The summed E-state index contributed by atoms with van der Waals surface area (Å²) in [4.78, 5) is 37.0. The van der Waals surface area contributed by atoms with E-state index in [-0.39, 0.29) is 36.2 Å². The van der Waals surface area contributed by atoms with Crippen LogP contribution in [0, 0.1) is 0 Å². The van der Waals surface area contributed by atoms with Crippen molar-refractivity contribution in [3.05, 3.63) is 85.1 Å². The van der Waals surface area contributed by atoms with Gasteiger partial charge in [0.2, 0.25) is 0 Å². The number of aliphatic carboxylic acids is 1. The van der Waals surface area contributed by atoms with Gasteiger partial charge in [-0.2, -0.15) is 0 Å². The quantitative estimate of drug-likeness (QED) is 0.0287. The third-order valence-corrected chi connectivity index (χ3v) is 9.43. The lowest BCUT2D eigenvalue weighted by Gasteiger charge is -2.31. The Balaban J connectivity index is 4.44. The minimum absolute atomic E-state index is 0.0421. The molecule has 324 valence electrons. The molecule has 0 saturated carbocycles. The smallest absolute Gasteiger partial charge is 0.362 e. The molecule has 0 fully saturated rings. The number of unbranched alkanes of at least 4 members (excludes halogenated alkanes) is 15. The van der Waals surface area contributed by atoms with Gasteiger partial charge in [0, 0.05) is 19.3 Å². The molecule has 0 bridgehead atoms. The van der Waals surface area contributed by atoms with E-state index in [2.05, 4.69) is 92.8 Å². The molecule has 0 spiro atoms. The molecular weight excluding hydrogens is 715 g/mol. The standard InChI is InChI=1S/C49H81NO7/c1-6-8-10-12-14-16-18-20-22-23-24-26-28-30-32-34-36-38-40-48(52)57-45(43-55-42-41-46(49(53)54)50(3,4)5)44-56-47(51)39-37-35-33-31-29-27-25-21-19-17-15-13-11-9-7-2/h9,11,13-20,22-24,26,45-46H,6-8,10,12,21,25,27-44H2,1-5H3/p+1/b11-9+,15-13+,16-14+,19-17+,20-18+,23-22+,26-24+. The molecule has 1 N–H and O–H groups in total. The maximum atomic E-state index is 12.7. The van der Waals surface area contributed by atoms with Crippen LogP contribution in [0.1, 0.15) is 155 Å². The second-order valence-electron chi connectivity index (χ2n) is 15.7. The second kappa shape index (κ2) is 39.3. The number of carbonyl (C=O) groups is 3. The molecule has 0 rings (SSSR count). The zero-order valence-electron chi connectivity index (χ0n) is 36.8. The Bertz CT molecular complexity index is 1200. The Morgan fingerprint density at radius 1 is 0.544 bits per heavy atom. The van der Waals surface area contributed by atoms with Crippen LogP contribution in [-0.4, -0.2) is 80.6 Å². The van der Waals surface area contributed by atoms with Gasteiger partial charge < -0.3 is 23.8 Å². The fourth-order valence-corrected chi connectivity index (χ4v) is 5.98. The Morgan fingerprint density at radius 3 is 1.46 bits per heavy atom. The number of hydrogen-bond donors (Lipinski definition) is 1. The normalized spacial score (nSPS) is 13.8. The summed E-state index contributed by atoms with van der Waals surface area (Å²) < 4.78 is 17.2. The Kier molecular flexibility index (Phi) is 36.9. The van der Waals surface area contributed by atoms with Gasteiger partial charge in [0.15, 0.2) is 12.1 Å². The number of likely N-dealkylation sites (N-methyl/N-ethyl adjacent to an activating group) is 1. The van der Waals surface area contributed by atoms with Crippen molar-refractivity contribution in [1.82, 2.24) is 0 Å². The average Bonchev–Trinajstić information content (AvgIpc) is 3.17. The zero-order valence-corrected chi connectivity index (χ0v) is 36.8. The van der Waals surface area contributed by atoms with Gasteiger partial charge >= 0.3 is 17.9 Å². The molecule has 0 aliphatic carbocycles. The predicted octanol–water partition coefficient (Wildman–Crippen LogP) is 12.1. The summed E-state index contributed by atoms with van der Waals surface area (Å²) in [5, 5.41) is 9.62. The molecule has 0 aromatic carbocycles. The van der Waals surface area contributed by atoms with Gasteiger partial charge in [0.1, 0.15) is 6.61 Å². The Labute approximate surface area is 348 Å². The fourth-order valence-electron chi connectivity index (χ4n) is 5.98. The predicted molar refractivity (Wildman–Crippen MR) is 238 cm³/mol. The Hall–Kier alpha value is -3.49.